The molecule has 3 atom stereocenters. The van der Waals surface area contributed by atoms with Crippen molar-refractivity contribution in [1.82, 2.24) is 0 Å². The molecule has 27 heavy (non-hydrogen) atoms. The number of hydrogen-bond donors (Lipinski definition) is 2. The van der Waals surface area contributed by atoms with Gasteiger partial charge < -0.3 is 10.2 Å². The summed E-state index contributed by atoms with van der Waals surface area (Å²) in [6, 6.07) is 6.91. The predicted octanol–water partition coefficient (Wildman–Crippen LogP) is 4.41. The maximum Gasteiger partial charge on any atom is 0.335 e. The van der Waals surface area contributed by atoms with Crippen molar-refractivity contribution in [1.29, 1.82) is 0 Å². The summed E-state index contributed by atoms with van der Waals surface area (Å²) in [7, 11) is 0. The van der Waals surface area contributed by atoms with Gasteiger partial charge in [0, 0.05) is 12.3 Å². The molecule has 2 saturated carbocycles. The van der Waals surface area contributed by atoms with E-state index in [0.29, 0.717) is 18.6 Å². The highest BCUT2D eigenvalue weighted by Crippen LogP contribution is 2.44. The minimum Gasteiger partial charge on any atom is -0.478 e. The molecule has 0 amide bonds. The monoisotopic (exact) mass is 370 g/mol. The van der Waals surface area contributed by atoms with Crippen molar-refractivity contribution in [3.63, 3.8) is 0 Å². The minimum absolute atomic E-state index is 0.0387. The number of carboxylic acid groups (broad SMARTS) is 1. The molecular weight excluding hydrogens is 340 g/mol. The molecule has 0 spiro atoms. The summed E-state index contributed by atoms with van der Waals surface area (Å²) in [5.41, 5.74) is 1.43. The van der Waals surface area contributed by atoms with Gasteiger partial charge in [-0.05, 0) is 67.6 Å². The van der Waals surface area contributed by atoms with Crippen LogP contribution in [0.5, 0.6) is 0 Å². The van der Waals surface area contributed by atoms with E-state index in [-0.39, 0.29) is 28.9 Å². The van der Waals surface area contributed by atoms with Crippen molar-refractivity contribution in [2.75, 3.05) is 0 Å². The van der Waals surface area contributed by atoms with E-state index in [1.54, 1.807) is 12.1 Å². The summed E-state index contributed by atoms with van der Waals surface area (Å²) >= 11 is 0. The number of carbonyl (C=O) groups is 2. The van der Waals surface area contributed by atoms with Gasteiger partial charge in [-0.25, -0.2) is 4.79 Å². The van der Waals surface area contributed by atoms with Gasteiger partial charge in [-0.3, -0.25) is 4.79 Å². The molecule has 4 nitrogen and oxygen atoms in total. The molecule has 0 aromatic heterocycles. The van der Waals surface area contributed by atoms with Gasteiger partial charge in [-0.2, -0.15) is 0 Å². The third-order valence-electron chi connectivity index (χ3n) is 6.64. The van der Waals surface area contributed by atoms with Crippen LogP contribution in [0.25, 0.3) is 0 Å². The highest BCUT2D eigenvalue weighted by molar-refractivity contribution is 5.87. The molecule has 2 N–H and O–H groups in total. The van der Waals surface area contributed by atoms with Crippen LogP contribution in [0.2, 0.25) is 0 Å². The Kier molecular flexibility index (Phi) is 6.15. The average Bonchev–Trinajstić information content (AvgIpc) is 2.98. The van der Waals surface area contributed by atoms with Crippen molar-refractivity contribution >= 4 is 11.8 Å². The maximum atomic E-state index is 12.3. The van der Waals surface area contributed by atoms with Crippen LogP contribution >= 0.6 is 0 Å². The van der Waals surface area contributed by atoms with Crippen LogP contribution in [0.15, 0.2) is 36.4 Å². The molecule has 2 fully saturated rings. The van der Waals surface area contributed by atoms with Crippen LogP contribution in [-0.4, -0.2) is 28.1 Å². The molecule has 2 aliphatic rings. The zero-order chi connectivity index (χ0) is 19.4. The first-order valence-corrected chi connectivity index (χ1v) is 10.1. The Bertz CT molecular complexity index is 700. The molecule has 146 valence electrons. The maximum absolute atomic E-state index is 12.3. The van der Waals surface area contributed by atoms with E-state index >= 15 is 0 Å². The van der Waals surface area contributed by atoms with Gasteiger partial charge in [0.25, 0.3) is 0 Å². The van der Waals surface area contributed by atoms with Crippen LogP contribution in [0.1, 0.15) is 67.8 Å². The summed E-state index contributed by atoms with van der Waals surface area (Å²) in [4.78, 5) is 23.2. The number of allylic oxidation sites excluding steroid dienone is 1. The Morgan fingerprint density at radius 1 is 1.30 bits per heavy atom. The SMILES string of the molecule is CC1(C(O)C/C=C/[C@H]2CCC(=O)[C@@H]2CCc2ccc(C(=O)O)cc2)CCC1. The lowest BCUT2D eigenvalue weighted by atomic mass is 9.66. The largest absolute Gasteiger partial charge is 0.478 e. The molecule has 3 rings (SSSR count). The molecule has 2 aliphatic carbocycles. The predicted molar refractivity (Wildman–Crippen MR) is 105 cm³/mol. The minimum atomic E-state index is -0.921. The summed E-state index contributed by atoms with van der Waals surface area (Å²) in [6.45, 7) is 2.16. The fourth-order valence-electron chi connectivity index (χ4n) is 4.41. The third-order valence-corrected chi connectivity index (χ3v) is 6.64. The molecule has 1 unspecified atom stereocenters. The first kappa shape index (κ1) is 19.8. The van der Waals surface area contributed by atoms with Gasteiger partial charge in [0.1, 0.15) is 5.78 Å². The summed E-state index contributed by atoms with van der Waals surface area (Å²) < 4.78 is 0. The molecule has 4 heteroatoms. The number of aliphatic hydroxyl groups excluding tert-OH is 1. The zero-order valence-electron chi connectivity index (χ0n) is 16.1. The van der Waals surface area contributed by atoms with Crippen molar-refractivity contribution in [3.8, 4) is 0 Å². The molecule has 1 aromatic carbocycles. The van der Waals surface area contributed by atoms with Crippen molar-refractivity contribution in [2.24, 2.45) is 17.3 Å². The van der Waals surface area contributed by atoms with E-state index in [4.69, 9.17) is 5.11 Å². The van der Waals surface area contributed by atoms with Crippen molar-refractivity contribution < 1.29 is 19.8 Å². The lowest BCUT2D eigenvalue weighted by molar-refractivity contribution is -0.121. The van der Waals surface area contributed by atoms with Gasteiger partial charge in [0.2, 0.25) is 0 Å². The van der Waals surface area contributed by atoms with E-state index < -0.39 is 5.97 Å². The Balaban J connectivity index is 1.52. The van der Waals surface area contributed by atoms with Crippen LogP contribution in [0, 0.1) is 17.3 Å². The van der Waals surface area contributed by atoms with Gasteiger partial charge in [0.05, 0.1) is 11.7 Å². The molecule has 0 radical (unpaired) electrons. The smallest absolute Gasteiger partial charge is 0.335 e. The summed E-state index contributed by atoms with van der Waals surface area (Å²) in [6.07, 6.45) is 11.1. The van der Waals surface area contributed by atoms with Gasteiger partial charge in [-0.1, -0.05) is 37.6 Å². The van der Waals surface area contributed by atoms with Gasteiger partial charge in [-0.15, -0.1) is 0 Å². The highest BCUT2D eigenvalue weighted by atomic mass is 16.4. The Morgan fingerprint density at radius 2 is 2.00 bits per heavy atom. The number of ketones is 1. The van der Waals surface area contributed by atoms with Crippen molar-refractivity contribution in [2.45, 2.75) is 64.4 Å². The first-order valence-electron chi connectivity index (χ1n) is 10.1. The Hall–Kier alpha value is -1.94. The Labute approximate surface area is 161 Å². The number of carbonyl (C=O) groups excluding carboxylic acids is 1. The first-order chi connectivity index (χ1) is 12.9. The molecule has 0 heterocycles. The van der Waals surface area contributed by atoms with Gasteiger partial charge >= 0.3 is 5.97 Å². The fourth-order valence-corrected chi connectivity index (χ4v) is 4.41. The topological polar surface area (TPSA) is 74.6 Å². The highest BCUT2D eigenvalue weighted by Gasteiger charge is 2.38. The third kappa shape index (κ3) is 4.67. The molecular formula is C23H30O4. The number of carboxylic acids is 1. The lowest BCUT2D eigenvalue weighted by Crippen LogP contribution is -2.38. The van der Waals surface area contributed by atoms with Crippen molar-refractivity contribution in [3.05, 3.63) is 47.5 Å². The van der Waals surface area contributed by atoms with E-state index in [9.17, 15) is 14.7 Å². The fraction of sp³-hybridized carbons (Fsp3) is 0.565. The van der Waals surface area contributed by atoms with E-state index in [0.717, 1.165) is 37.7 Å². The number of Topliss-reactive ketones (excluding diaryl/α,β-unsaturated/α-hetero) is 1. The molecule has 0 saturated heterocycles. The number of rotatable bonds is 8. The van der Waals surface area contributed by atoms with E-state index in [2.05, 4.69) is 19.1 Å². The Morgan fingerprint density at radius 3 is 2.59 bits per heavy atom. The van der Waals surface area contributed by atoms with Crippen LogP contribution in [0.3, 0.4) is 0 Å². The molecule has 1 aromatic rings. The van der Waals surface area contributed by atoms with Gasteiger partial charge in [0.15, 0.2) is 0 Å². The summed E-state index contributed by atoms with van der Waals surface area (Å²) in [5.74, 6) is -0.289. The molecule has 0 aliphatic heterocycles. The second-order valence-corrected chi connectivity index (χ2v) is 8.50. The van der Waals surface area contributed by atoms with Crippen LogP contribution < -0.4 is 0 Å². The molecule has 0 bridgehead atoms. The van der Waals surface area contributed by atoms with E-state index in [1.807, 2.05) is 12.1 Å². The second kappa shape index (κ2) is 8.39. The zero-order valence-corrected chi connectivity index (χ0v) is 16.1. The summed E-state index contributed by atoms with van der Waals surface area (Å²) in [5, 5.41) is 19.3. The van der Waals surface area contributed by atoms with Crippen LogP contribution in [-0.2, 0) is 11.2 Å². The average molecular weight is 370 g/mol. The normalized spacial score (nSPS) is 25.5. The number of hydrogen-bond acceptors (Lipinski definition) is 3. The van der Waals surface area contributed by atoms with E-state index in [1.165, 1.54) is 6.42 Å². The number of aliphatic hydroxyl groups is 1. The number of aromatic carboxylic acids is 1. The quantitative estimate of drug-likeness (QED) is 0.665. The lowest BCUT2D eigenvalue weighted by Gasteiger charge is -2.42. The number of benzene rings is 1. The van der Waals surface area contributed by atoms with Crippen LogP contribution in [0.4, 0.5) is 0 Å². The standard InChI is InChI=1S/C23H30O4/c1-23(14-3-15-23)21(25)5-2-4-17-11-13-20(24)19(17)12-8-16-6-9-18(10-7-16)22(26)27/h2,4,6-7,9-10,17,19,21,25H,3,5,8,11-15H2,1H3,(H,26,27)/b4-2+/t17-,19+,21?/m0/s1. The second-order valence-electron chi connectivity index (χ2n) is 8.50. The number of aryl methyl sites for hydroxylation is 1.